The number of alkyl halides is 6. The van der Waals surface area contributed by atoms with E-state index in [1.807, 2.05) is 12.1 Å². The normalized spacial score (nSPS) is 12.5. The summed E-state index contributed by atoms with van der Waals surface area (Å²) in [5, 5.41) is 23.6. The van der Waals surface area contributed by atoms with Crippen LogP contribution in [0.5, 0.6) is 0 Å². The minimum absolute atomic E-state index is 0.00801. The fourth-order valence-electron chi connectivity index (χ4n) is 6.91. The number of carbonyl (C=O) groups is 2. The summed E-state index contributed by atoms with van der Waals surface area (Å²) in [6, 6.07) is 25.0. The standard InChI is InChI=1S/C47H37F6N7O6S2/c1-28-40(67(65)36-14-10-30(26-54)11-15-36)24-38(44(63)59(28)34-8-4-6-32(22-34)46(48,49)50)42(61)56-18-20-58(3)21-19-57-43(62)39-25-41(68(66)37-16-12-31(27-55)13-17-37)29(2)60(45(39)64)35-9-5-7-33(23-35)47(51,52)53/h4-17,22-25H,18-21H2,1-3H3,(H,56,61)(H,57,62). The second-order valence-electron chi connectivity index (χ2n) is 15.0. The van der Waals surface area contributed by atoms with Crippen LogP contribution in [0, 0.1) is 36.5 Å². The summed E-state index contributed by atoms with van der Waals surface area (Å²) in [4.78, 5) is 57.0. The zero-order valence-corrected chi connectivity index (χ0v) is 37.6. The topological polar surface area (TPSA) is 187 Å². The van der Waals surface area contributed by atoms with Gasteiger partial charge in [-0.3, -0.25) is 28.3 Å². The summed E-state index contributed by atoms with van der Waals surface area (Å²) in [7, 11) is -2.55. The summed E-state index contributed by atoms with van der Waals surface area (Å²) in [6.07, 6.45) is -9.55. The van der Waals surface area contributed by atoms with Crippen LogP contribution in [0.3, 0.4) is 0 Å². The molecule has 2 amide bonds. The molecule has 2 N–H and O–H groups in total. The molecule has 0 aliphatic rings. The van der Waals surface area contributed by atoms with Crippen molar-refractivity contribution in [2.75, 3.05) is 33.2 Å². The number of rotatable bonds is 14. The van der Waals surface area contributed by atoms with Crippen molar-refractivity contribution >= 4 is 33.4 Å². The summed E-state index contributed by atoms with van der Waals surface area (Å²) in [6.45, 7) is 2.71. The molecule has 2 unspecified atom stereocenters. The molecule has 6 aromatic rings. The van der Waals surface area contributed by atoms with E-state index in [-0.39, 0.29) is 79.7 Å². The fraction of sp³-hybridized carbons (Fsp3) is 0.191. The zero-order chi connectivity index (χ0) is 49.7. The fourth-order valence-corrected chi connectivity index (χ4v) is 9.35. The monoisotopic (exact) mass is 973 g/mol. The number of amides is 2. The summed E-state index contributed by atoms with van der Waals surface area (Å²) in [5.74, 6) is -1.89. The molecule has 2 aromatic heterocycles. The molecule has 21 heteroatoms. The third-order valence-electron chi connectivity index (χ3n) is 10.5. The first-order valence-electron chi connectivity index (χ1n) is 20.1. The third-order valence-corrected chi connectivity index (χ3v) is 13.5. The van der Waals surface area contributed by atoms with Gasteiger partial charge in [0.15, 0.2) is 0 Å². The van der Waals surface area contributed by atoms with Crippen molar-refractivity contribution in [3.63, 3.8) is 0 Å². The van der Waals surface area contributed by atoms with E-state index in [1.165, 1.54) is 74.5 Å². The van der Waals surface area contributed by atoms with Crippen LogP contribution < -0.4 is 21.8 Å². The van der Waals surface area contributed by atoms with Gasteiger partial charge >= 0.3 is 12.4 Å². The zero-order valence-electron chi connectivity index (χ0n) is 36.0. The highest BCUT2D eigenvalue weighted by Gasteiger charge is 2.33. The smallest absolute Gasteiger partial charge is 0.351 e. The minimum Gasteiger partial charge on any atom is -0.351 e. The van der Waals surface area contributed by atoms with Crippen molar-refractivity contribution in [2.45, 2.75) is 45.8 Å². The molecule has 0 bridgehead atoms. The molecule has 0 saturated carbocycles. The van der Waals surface area contributed by atoms with Gasteiger partial charge in [0.25, 0.3) is 22.9 Å². The molecule has 13 nitrogen and oxygen atoms in total. The molecular formula is C47H37F6N7O6S2. The number of hydrogen-bond acceptors (Lipinski definition) is 9. The van der Waals surface area contributed by atoms with E-state index in [9.17, 15) is 64.5 Å². The number of aromatic nitrogens is 2. The average Bonchev–Trinajstić information content (AvgIpc) is 3.31. The number of pyridine rings is 2. The van der Waals surface area contributed by atoms with Crippen LogP contribution in [-0.4, -0.2) is 67.5 Å². The molecule has 0 aliphatic heterocycles. The predicted octanol–water partition coefficient (Wildman–Crippen LogP) is 6.81. The number of benzene rings is 4. The number of hydrogen-bond donors (Lipinski definition) is 2. The number of halogens is 6. The maximum atomic E-state index is 13.9. The lowest BCUT2D eigenvalue weighted by Gasteiger charge is -2.19. The molecule has 2 heterocycles. The van der Waals surface area contributed by atoms with Crippen molar-refractivity contribution in [1.82, 2.24) is 24.7 Å². The van der Waals surface area contributed by atoms with Crippen molar-refractivity contribution < 1.29 is 44.3 Å². The molecule has 0 saturated heterocycles. The van der Waals surface area contributed by atoms with E-state index in [1.54, 1.807) is 11.9 Å². The van der Waals surface area contributed by atoms with Gasteiger partial charge in [0.2, 0.25) is 0 Å². The van der Waals surface area contributed by atoms with Gasteiger partial charge in [0.05, 0.1) is 65.8 Å². The first kappa shape index (κ1) is 50.0. The van der Waals surface area contributed by atoms with Crippen molar-refractivity contribution in [1.29, 1.82) is 10.5 Å². The molecule has 0 aliphatic carbocycles. The molecule has 350 valence electrons. The Bertz CT molecular complexity index is 2980. The van der Waals surface area contributed by atoms with Crippen LogP contribution in [0.1, 0.15) is 54.4 Å². The maximum Gasteiger partial charge on any atom is 0.416 e. The van der Waals surface area contributed by atoms with Crippen LogP contribution >= 0.6 is 0 Å². The third kappa shape index (κ3) is 11.0. The van der Waals surface area contributed by atoms with Gasteiger partial charge < -0.3 is 15.5 Å². The lowest BCUT2D eigenvalue weighted by Crippen LogP contribution is -2.40. The highest BCUT2D eigenvalue weighted by molar-refractivity contribution is 7.85. The largest absolute Gasteiger partial charge is 0.416 e. The highest BCUT2D eigenvalue weighted by atomic mass is 32.2. The molecular weight excluding hydrogens is 937 g/mol. The summed E-state index contributed by atoms with van der Waals surface area (Å²) in [5.41, 5.74) is -5.18. The Morgan fingerprint density at radius 2 is 0.956 bits per heavy atom. The van der Waals surface area contributed by atoms with Gasteiger partial charge in [-0.1, -0.05) is 12.1 Å². The Kier molecular flexibility index (Phi) is 15.1. The van der Waals surface area contributed by atoms with E-state index in [2.05, 4.69) is 10.6 Å². The van der Waals surface area contributed by atoms with Crippen molar-refractivity contribution in [3.8, 4) is 23.5 Å². The van der Waals surface area contributed by atoms with Crippen molar-refractivity contribution in [3.05, 3.63) is 175 Å². The van der Waals surface area contributed by atoms with Crippen molar-refractivity contribution in [2.24, 2.45) is 0 Å². The van der Waals surface area contributed by atoms with Gasteiger partial charge in [0, 0.05) is 58.7 Å². The van der Waals surface area contributed by atoms with E-state index in [4.69, 9.17) is 0 Å². The van der Waals surface area contributed by atoms with Gasteiger partial charge in [-0.25, -0.2) is 8.42 Å². The van der Waals surface area contributed by atoms with E-state index < -0.39 is 79.1 Å². The van der Waals surface area contributed by atoms with Gasteiger partial charge in [-0.05, 0) is 118 Å². The molecule has 6 rings (SSSR count). The lowest BCUT2D eigenvalue weighted by atomic mass is 10.1. The first-order valence-corrected chi connectivity index (χ1v) is 22.4. The quantitative estimate of drug-likeness (QED) is 0.111. The number of carbonyl (C=O) groups excluding carboxylic acids is 2. The van der Waals surface area contributed by atoms with E-state index >= 15 is 0 Å². The predicted molar refractivity (Wildman–Crippen MR) is 237 cm³/mol. The molecule has 0 radical (unpaired) electrons. The molecule has 4 aromatic carbocycles. The molecule has 2 atom stereocenters. The minimum atomic E-state index is -4.78. The molecule has 0 spiro atoms. The average molecular weight is 974 g/mol. The highest BCUT2D eigenvalue weighted by Crippen LogP contribution is 2.33. The summed E-state index contributed by atoms with van der Waals surface area (Å²) < 4.78 is 112. The van der Waals surface area contributed by atoms with Crippen LogP contribution in [-0.2, 0) is 34.0 Å². The number of nitrogens with one attached hydrogen (secondary N) is 2. The Labute approximate surface area is 388 Å². The Morgan fingerprint density at radius 3 is 1.28 bits per heavy atom. The van der Waals surface area contributed by atoms with Crippen LogP contribution in [0.4, 0.5) is 26.3 Å². The molecule has 0 fully saturated rings. The Morgan fingerprint density at radius 1 is 0.603 bits per heavy atom. The maximum absolute atomic E-state index is 13.9. The number of nitrogens with zero attached hydrogens (tertiary/aromatic N) is 5. The Hall–Kier alpha value is -7.46. The Balaban J connectivity index is 1.20. The van der Waals surface area contributed by atoms with Gasteiger partial charge in [-0.15, -0.1) is 0 Å². The van der Waals surface area contributed by atoms with Gasteiger partial charge in [0.1, 0.15) is 11.1 Å². The van der Waals surface area contributed by atoms with E-state index in [0.29, 0.717) is 0 Å². The second-order valence-corrected chi connectivity index (χ2v) is 17.9. The SMILES string of the molecule is Cc1c(S(=O)c2ccc(C#N)cc2)cc(C(=O)NCCN(C)CCNC(=O)c2cc(S(=O)c3ccc(C#N)cc3)c(C)n(-c3cccc(C(F)(F)F)c3)c2=O)c(=O)n1-c1cccc(C(F)(F)F)c1. The van der Waals surface area contributed by atoms with Crippen LogP contribution in [0.25, 0.3) is 11.4 Å². The number of likely N-dealkylation sites (N-methyl/N-ethyl adjacent to an activating group) is 1. The van der Waals surface area contributed by atoms with Crippen LogP contribution in [0.2, 0.25) is 0 Å². The van der Waals surface area contributed by atoms with Gasteiger partial charge in [-0.2, -0.15) is 36.9 Å². The van der Waals surface area contributed by atoms with Crippen LogP contribution in [0.15, 0.2) is 138 Å². The molecule has 68 heavy (non-hydrogen) atoms. The number of nitriles is 2. The summed E-state index contributed by atoms with van der Waals surface area (Å²) >= 11 is 0. The first-order chi connectivity index (χ1) is 32.1. The lowest BCUT2D eigenvalue weighted by molar-refractivity contribution is -0.138. The van der Waals surface area contributed by atoms with E-state index in [0.717, 1.165) is 57.7 Å². The second kappa shape index (κ2) is 20.6.